The topological polar surface area (TPSA) is 167 Å². The molecule has 0 unspecified atom stereocenters. The van der Waals surface area contributed by atoms with Crippen LogP contribution in [-0.4, -0.2) is 96.1 Å². The van der Waals surface area contributed by atoms with Crippen molar-refractivity contribution < 1.29 is 32.3 Å². The maximum absolute atomic E-state index is 14.5. The minimum absolute atomic E-state index is 0.00696. The van der Waals surface area contributed by atoms with Crippen LogP contribution in [0.15, 0.2) is 49.2 Å². The van der Waals surface area contributed by atoms with Gasteiger partial charge in [-0.15, -0.1) is 6.58 Å². The number of carbonyl (C=O) groups is 4. The second-order valence-electron chi connectivity index (χ2n) is 15.0. The van der Waals surface area contributed by atoms with E-state index < -0.39 is 74.1 Å². The first-order valence-electron chi connectivity index (χ1n) is 17.2. The molecule has 6 rings (SSSR count). The number of nitrogens with zero attached hydrogens (tertiary/aromatic N) is 3. The van der Waals surface area contributed by atoms with Gasteiger partial charge < -0.3 is 25.2 Å². The summed E-state index contributed by atoms with van der Waals surface area (Å²) in [5.41, 5.74) is -1.32. The molecule has 1 aromatic heterocycles. The van der Waals surface area contributed by atoms with E-state index in [0.717, 1.165) is 22.8 Å². The van der Waals surface area contributed by atoms with E-state index in [0.29, 0.717) is 31.7 Å². The number of urea groups is 1. The number of amides is 5. The van der Waals surface area contributed by atoms with E-state index >= 15 is 0 Å². The summed E-state index contributed by atoms with van der Waals surface area (Å²) in [4.78, 5) is 63.0. The van der Waals surface area contributed by atoms with Crippen LogP contribution in [0.2, 0.25) is 0 Å². The van der Waals surface area contributed by atoms with Gasteiger partial charge in [0.2, 0.25) is 27.7 Å². The second kappa shape index (κ2) is 13.3. The molecule has 2 saturated carbocycles. The molecule has 4 aliphatic rings. The highest BCUT2D eigenvalue weighted by atomic mass is 32.2. The van der Waals surface area contributed by atoms with Gasteiger partial charge in [-0.1, -0.05) is 51.1 Å². The molecule has 5 amide bonds. The van der Waals surface area contributed by atoms with Gasteiger partial charge in [0, 0.05) is 37.5 Å². The Labute approximate surface area is 292 Å². The third-order valence-corrected chi connectivity index (χ3v) is 11.9. The molecular weight excluding hydrogens is 660 g/mol. The zero-order chi connectivity index (χ0) is 36.0. The maximum atomic E-state index is 14.5. The van der Waals surface area contributed by atoms with Crippen molar-refractivity contribution in [2.45, 2.75) is 88.3 Å². The number of rotatable bonds is 6. The Balaban J connectivity index is 1.34. The average Bonchev–Trinajstić information content (AvgIpc) is 3.99. The lowest BCUT2D eigenvalue weighted by atomic mass is 9.85. The van der Waals surface area contributed by atoms with E-state index in [2.05, 4.69) is 33.0 Å². The Morgan fingerprint density at radius 3 is 2.62 bits per heavy atom. The fourth-order valence-corrected chi connectivity index (χ4v) is 8.09. The largest absolute Gasteiger partial charge is 0.472 e. The SMILES string of the molecule is C=C[C@@H]1C[C@]1(NC(=O)[C@@H]1C[C@@H]2CN1C(=O)[C@H](C(C)(C)C)NC(=O)N(C)CCC/C=C/c1ccc3ccnc(c3c1)O2)C(=O)NS(=O)(=O)C1CC1. The molecule has 5 atom stereocenters. The van der Waals surface area contributed by atoms with Crippen LogP contribution >= 0.6 is 0 Å². The first-order valence-corrected chi connectivity index (χ1v) is 18.7. The van der Waals surface area contributed by atoms with E-state index in [1.165, 1.54) is 15.9 Å². The quantitative estimate of drug-likeness (QED) is 0.386. The summed E-state index contributed by atoms with van der Waals surface area (Å²) in [6, 6.07) is 5.32. The summed E-state index contributed by atoms with van der Waals surface area (Å²) in [5.74, 6) is -2.07. The van der Waals surface area contributed by atoms with Gasteiger partial charge in [0.25, 0.3) is 5.91 Å². The predicted octanol–water partition coefficient (Wildman–Crippen LogP) is 3.12. The molecular formula is C36H46N6O7S. The molecule has 50 heavy (non-hydrogen) atoms. The Kier molecular flexibility index (Phi) is 9.44. The number of ether oxygens (including phenoxy) is 1. The van der Waals surface area contributed by atoms with Crippen LogP contribution in [0, 0.1) is 11.3 Å². The number of carbonyl (C=O) groups excluding carboxylic acids is 4. The van der Waals surface area contributed by atoms with Gasteiger partial charge in [-0.25, -0.2) is 18.2 Å². The summed E-state index contributed by atoms with van der Waals surface area (Å²) < 4.78 is 34.0. The highest BCUT2D eigenvalue weighted by Gasteiger charge is 2.62. The van der Waals surface area contributed by atoms with E-state index in [9.17, 15) is 27.6 Å². The minimum Gasteiger partial charge on any atom is -0.472 e. The van der Waals surface area contributed by atoms with Crippen LogP contribution in [-0.2, 0) is 24.4 Å². The van der Waals surface area contributed by atoms with Crippen molar-refractivity contribution in [1.29, 1.82) is 0 Å². The fraction of sp³-hybridized carbons (Fsp3) is 0.528. The van der Waals surface area contributed by atoms with E-state index in [1.807, 2.05) is 51.1 Å². The Hall–Kier alpha value is -4.46. The number of hydrogen-bond donors (Lipinski definition) is 3. The smallest absolute Gasteiger partial charge is 0.317 e. The summed E-state index contributed by atoms with van der Waals surface area (Å²) in [7, 11) is -2.20. The zero-order valence-electron chi connectivity index (χ0n) is 29.0. The Morgan fingerprint density at radius 1 is 1.18 bits per heavy atom. The number of aromatic nitrogens is 1. The first-order chi connectivity index (χ1) is 23.6. The molecule has 2 aliphatic heterocycles. The van der Waals surface area contributed by atoms with Crippen molar-refractivity contribution in [3.05, 3.63) is 54.8 Å². The summed E-state index contributed by atoms with van der Waals surface area (Å²) in [6.07, 6.45) is 9.17. The lowest BCUT2D eigenvalue weighted by Crippen LogP contribution is -2.61. The molecule has 14 heteroatoms. The van der Waals surface area contributed by atoms with Crippen molar-refractivity contribution in [3.63, 3.8) is 0 Å². The van der Waals surface area contributed by atoms with Gasteiger partial charge in [-0.05, 0) is 60.6 Å². The van der Waals surface area contributed by atoms with Crippen molar-refractivity contribution in [3.8, 4) is 5.88 Å². The van der Waals surface area contributed by atoms with Crippen LogP contribution in [0.5, 0.6) is 5.88 Å². The number of pyridine rings is 1. The minimum atomic E-state index is -3.88. The molecule has 4 bridgehead atoms. The van der Waals surface area contributed by atoms with Crippen LogP contribution in [0.3, 0.4) is 0 Å². The third kappa shape index (κ3) is 7.21. The van der Waals surface area contributed by atoms with Gasteiger partial charge in [-0.3, -0.25) is 19.1 Å². The van der Waals surface area contributed by atoms with Gasteiger partial charge in [-0.2, -0.15) is 0 Å². The van der Waals surface area contributed by atoms with Gasteiger partial charge in [0.05, 0.1) is 11.8 Å². The van der Waals surface area contributed by atoms with Crippen LogP contribution in [0.25, 0.3) is 16.8 Å². The molecule has 3 heterocycles. The predicted molar refractivity (Wildman–Crippen MR) is 188 cm³/mol. The number of sulfonamides is 1. The molecule has 2 aliphatic carbocycles. The van der Waals surface area contributed by atoms with Crippen molar-refractivity contribution in [2.24, 2.45) is 11.3 Å². The Bertz CT molecular complexity index is 1850. The monoisotopic (exact) mass is 706 g/mol. The highest BCUT2D eigenvalue weighted by molar-refractivity contribution is 7.91. The van der Waals surface area contributed by atoms with Crippen molar-refractivity contribution in [1.82, 2.24) is 30.1 Å². The molecule has 1 saturated heterocycles. The molecule has 0 spiro atoms. The first kappa shape index (κ1) is 35.4. The summed E-state index contributed by atoms with van der Waals surface area (Å²) in [6.45, 7) is 9.75. The lowest BCUT2D eigenvalue weighted by molar-refractivity contribution is -0.142. The van der Waals surface area contributed by atoms with E-state index in [-0.39, 0.29) is 19.4 Å². The third-order valence-electron chi connectivity index (χ3n) is 10.0. The standard InChI is InChI=1S/C36H46N6O7S/c1-6-24-20-36(24,33(45)40-50(47,48)26-13-14-26)39-30(43)28-19-25-21-42(28)32(44)29(35(2,3)4)38-34(46)41(5)17-9-7-8-10-22-11-12-23-15-16-37-31(49-25)27(23)18-22/h6,8,10-12,15-16,18,24-26,28-29H,1,7,9,13-14,17,19-21H2,2-5H3,(H,38,46)(H,39,43)(H,40,45)/b10-8+/t24-,25-,28+,29-,36-/m1/s1. The van der Waals surface area contributed by atoms with Crippen LogP contribution in [0.1, 0.15) is 64.9 Å². The Morgan fingerprint density at radius 2 is 1.94 bits per heavy atom. The number of allylic oxidation sites excluding steroid dienone is 1. The normalized spacial score (nSPS) is 28.2. The maximum Gasteiger partial charge on any atom is 0.317 e. The summed E-state index contributed by atoms with van der Waals surface area (Å²) in [5, 5.41) is 6.79. The zero-order valence-corrected chi connectivity index (χ0v) is 29.8. The molecule has 3 fully saturated rings. The number of benzene rings is 1. The van der Waals surface area contributed by atoms with Gasteiger partial charge in [0.1, 0.15) is 23.7 Å². The van der Waals surface area contributed by atoms with E-state index in [1.54, 1.807) is 13.2 Å². The molecule has 3 N–H and O–H groups in total. The number of fused-ring (bicyclic) bond motifs is 3. The lowest BCUT2D eigenvalue weighted by Gasteiger charge is -2.36. The van der Waals surface area contributed by atoms with Gasteiger partial charge in [0.15, 0.2) is 0 Å². The highest BCUT2D eigenvalue weighted by Crippen LogP contribution is 2.45. The van der Waals surface area contributed by atoms with Crippen LogP contribution < -0.4 is 20.1 Å². The second-order valence-corrected chi connectivity index (χ2v) is 16.9. The van der Waals surface area contributed by atoms with E-state index in [4.69, 9.17) is 4.74 Å². The van der Waals surface area contributed by atoms with Crippen molar-refractivity contribution in [2.75, 3.05) is 20.1 Å². The number of nitrogens with one attached hydrogen (secondary N) is 3. The summed E-state index contributed by atoms with van der Waals surface area (Å²) >= 11 is 0. The van der Waals surface area contributed by atoms with Crippen LogP contribution in [0.4, 0.5) is 4.79 Å². The molecule has 268 valence electrons. The number of hydrogen-bond acceptors (Lipinski definition) is 8. The molecule has 2 aromatic rings. The average molecular weight is 707 g/mol. The fourth-order valence-electron chi connectivity index (χ4n) is 6.72. The van der Waals surface area contributed by atoms with Gasteiger partial charge >= 0.3 is 6.03 Å². The molecule has 13 nitrogen and oxygen atoms in total. The molecule has 1 aromatic carbocycles. The molecule has 0 radical (unpaired) electrons. The van der Waals surface area contributed by atoms with Crippen molar-refractivity contribution >= 4 is 50.6 Å².